The monoisotopic (exact) mass is 271 g/mol. The first kappa shape index (κ1) is 14.6. The van der Waals surface area contributed by atoms with E-state index >= 15 is 0 Å². The van der Waals surface area contributed by atoms with Gasteiger partial charge >= 0.3 is 5.97 Å². The quantitative estimate of drug-likeness (QED) is 0.826. The van der Waals surface area contributed by atoms with Crippen molar-refractivity contribution in [2.24, 2.45) is 5.41 Å². The number of carboxylic acid groups (broad SMARTS) is 1. The summed E-state index contributed by atoms with van der Waals surface area (Å²) in [6, 6.07) is 0. The second kappa shape index (κ2) is 5.90. The SMILES string of the molecule is CCC(CC)(CC(=O)Nc1nc(C)ns1)C(=O)O. The number of carbonyl (C=O) groups is 2. The van der Waals surface area contributed by atoms with Crippen molar-refractivity contribution in [1.29, 1.82) is 0 Å². The van der Waals surface area contributed by atoms with E-state index in [-0.39, 0.29) is 12.3 Å². The highest BCUT2D eigenvalue weighted by Crippen LogP contribution is 2.31. The van der Waals surface area contributed by atoms with E-state index in [1.165, 1.54) is 0 Å². The molecule has 100 valence electrons. The zero-order valence-corrected chi connectivity index (χ0v) is 11.5. The van der Waals surface area contributed by atoms with Gasteiger partial charge in [0.15, 0.2) is 0 Å². The number of hydrogen-bond donors (Lipinski definition) is 2. The van der Waals surface area contributed by atoms with Crippen molar-refractivity contribution < 1.29 is 14.7 Å². The highest BCUT2D eigenvalue weighted by molar-refractivity contribution is 7.09. The van der Waals surface area contributed by atoms with Crippen molar-refractivity contribution in [2.75, 3.05) is 5.32 Å². The van der Waals surface area contributed by atoms with E-state index in [0.717, 1.165) is 11.5 Å². The van der Waals surface area contributed by atoms with E-state index in [4.69, 9.17) is 0 Å². The summed E-state index contributed by atoms with van der Waals surface area (Å²) in [6.45, 7) is 5.28. The van der Waals surface area contributed by atoms with Crippen LogP contribution in [0.25, 0.3) is 0 Å². The minimum Gasteiger partial charge on any atom is -0.481 e. The van der Waals surface area contributed by atoms with Gasteiger partial charge in [-0.2, -0.15) is 4.37 Å². The zero-order valence-electron chi connectivity index (χ0n) is 10.7. The number of hydrogen-bond acceptors (Lipinski definition) is 5. The molecule has 1 aromatic rings. The molecule has 0 unspecified atom stereocenters. The summed E-state index contributed by atoms with van der Waals surface area (Å²) in [4.78, 5) is 27.1. The average molecular weight is 271 g/mol. The van der Waals surface area contributed by atoms with E-state index in [1.807, 2.05) is 0 Å². The topological polar surface area (TPSA) is 92.2 Å². The molecule has 0 atom stereocenters. The zero-order chi connectivity index (χ0) is 13.8. The molecular weight excluding hydrogens is 254 g/mol. The number of aliphatic carboxylic acids is 1. The summed E-state index contributed by atoms with van der Waals surface area (Å²) >= 11 is 1.09. The second-order valence-electron chi connectivity index (χ2n) is 4.16. The Hall–Kier alpha value is -1.50. The lowest BCUT2D eigenvalue weighted by molar-refractivity contribution is -0.151. The first-order chi connectivity index (χ1) is 8.43. The van der Waals surface area contributed by atoms with Crippen molar-refractivity contribution in [3.05, 3.63) is 5.82 Å². The maximum atomic E-state index is 11.8. The molecule has 0 bridgehead atoms. The van der Waals surface area contributed by atoms with Crippen molar-refractivity contribution >= 4 is 28.5 Å². The predicted octanol–water partition coefficient (Wildman–Crippen LogP) is 2.07. The van der Waals surface area contributed by atoms with Gasteiger partial charge in [-0.15, -0.1) is 0 Å². The Morgan fingerprint density at radius 3 is 2.39 bits per heavy atom. The Bertz CT molecular complexity index is 440. The third kappa shape index (κ3) is 3.25. The Kier molecular flexibility index (Phi) is 4.77. The molecule has 0 saturated heterocycles. The Morgan fingerprint density at radius 1 is 1.39 bits per heavy atom. The van der Waals surface area contributed by atoms with E-state index in [1.54, 1.807) is 20.8 Å². The van der Waals surface area contributed by atoms with Crippen molar-refractivity contribution in [1.82, 2.24) is 9.36 Å². The van der Waals surface area contributed by atoms with Gasteiger partial charge in [0, 0.05) is 18.0 Å². The van der Waals surface area contributed by atoms with Gasteiger partial charge in [-0.25, -0.2) is 4.98 Å². The average Bonchev–Trinajstić information content (AvgIpc) is 2.71. The minimum absolute atomic E-state index is 0.0477. The lowest BCUT2D eigenvalue weighted by Crippen LogP contribution is -2.34. The van der Waals surface area contributed by atoms with Gasteiger partial charge in [0.05, 0.1) is 5.41 Å². The maximum Gasteiger partial charge on any atom is 0.310 e. The van der Waals surface area contributed by atoms with Gasteiger partial charge in [-0.1, -0.05) is 13.8 Å². The molecule has 0 radical (unpaired) electrons. The molecule has 1 aromatic heterocycles. The van der Waals surface area contributed by atoms with E-state index in [9.17, 15) is 14.7 Å². The fraction of sp³-hybridized carbons (Fsp3) is 0.636. The summed E-state index contributed by atoms with van der Waals surface area (Å²) in [6.07, 6.45) is 0.788. The molecule has 0 saturated carbocycles. The molecule has 1 amide bonds. The third-order valence-corrected chi connectivity index (χ3v) is 3.80. The molecular formula is C11H17N3O3S. The summed E-state index contributed by atoms with van der Waals surface area (Å²) in [7, 11) is 0. The van der Waals surface area contributed by atoms with Crippen LogP contribution < -0.4 is 5.32 Å². The van der Waals surface area contributed by atoms with Gasteiger partial charge in [0.25, 0.3) is 0 Å². The van der Waals surface area contributed by atoms with Crippen molar-refractivity contribution in [3.8, 4) is 0 Å². The number of anilines is 1. The number of nitrogens with zero attached hydrogens (tertiary/aromatic N) is 2. The van der Waals surface area contributed by atoms with Crippen LogP contribution in [0.2, 0.25) is 0 Å². The van der Waals surface area contributed by atoms with Gasteiger partial charge in [-0.05, 0) is 19.8 Å². The first-order valence-corrected chi connectivity index (χ1v) is 6.54. The predicted molar refractivity (Wildman–Crippen MR) is 68.5 cm³/mol. The number of rotatable bonds is 6. The van der Waals surface area contributed by atoms with Crippen LogP contribution in [-0.2, 0) is 9.59 Å². The molecule has 0 aromatic carbocycles. The molecule has 18 heavy (non-hydrogen) atoms. The standard InChI is InChI=1S/C11H17N3O3S/c1-4-11(5-2,9(16)17)6-8(15)13-10-12-7(3)14-18-10/h4-6H2,1-3H3,(H,16,17)(H,12,13,14,15). The van der Waals surface area contributed by atoms with Crippen molar-refractivity contribution in [2.45, 2.75) is 40.0 Å². The molecule has 6 nitrogen and oxygen atoms in total. The van der Waals surface area contributed by atoms with Crippen LogP contribution in [0.1, 0.15) is 38.9 Å². The van der Waals surface area contributed by atoms with Crippen LogP contribution >= 0.6 is 11.5 Å². The maximum absolute atomic E-state index is 11.8. The van der Waals surface area contributed by atoms with Crippen LogP contribution in [0.4, 0.5) is 5.13 Å². The van der Waals surface area contributed by atoms with Crippen LogP contribution in [0.5, 0.6) is 0 Å². The van der Waals surface area contributed by atoms with E-state index in [2.05, 4.69) is 14.7 Å². The normalized spacial score (nSPS) is 11.3. The summed E-state index contributed by atoms with van der Waals surface area (Å²) in [5.74, 6) is -0.681. The molecule has 0 aliphatic rings. The highest BCUT2D eigenvalue weighted by Gasteiger charge is 2.37. The Balaban J connectivity index is 2.70. The Labute approximate surface area is 110 Å². The van der Waals surface area contributed by atoms with Crippen LogP contribution in [0.15, 0.2) is 0 Å². The number of carbonyl (C=O) groups excluding carboxylic acids is 1. The summed E-state index contributed by atoms with van der Waals surface area (Å²) in [5, 5.41) is 12.2. The lowest BCUT2D eigenvalue weighted by atomic mass is 9.79. The first-order valence-electron chi connectivity index (χ1n) is 5.77. The lowest BCUT2D eigenvalue weighted by Gasteiger charge is -2.25. The number of amides is 1. The van der Waals surface area contributed by atoms with Crippen LogP contribution in [0, 0.1) is 12.3 Å². The minimum atomic E-state index is -0.996. The third-order valence-electron chi connectivity index (χ3n) is 3.08. The van der Waals surface area contributed by atoms with Gasteiger partial charge in [0.2, 0.25) is 11.0 Å². The van der Waals surface area contributed by atoms with E-state index in [0.29, 0.717) is 23.8 Å². The summed E-state index contributed by atoms with van der Waals surface area (Å²) in [5.41, 5.74) is -0.996. The van der Waals surface area contributed by atoms with Crippen molar-refractivity contribution in [3.63, 3.8) is 0 Å². The largest absolute Gasteiger partial charge is 0.481 e. The molecule has 1 rings (SSSR count). The number of carboxylic acids is 1. The summed E-state index contributed by atoms with van der Waals surface area (Å²) < 4.78 is 3.94. The fourth-order valence-electron chi connectivity index (χ4n) is 1.70. The number of aryl methyl sites for hydroxylation is 1. The Morgan fingerprint density at radius 2 is 2.00 bits per heavy atom. The van der Waals surface area contributed by atoms with Gasteiger partial charge in [-0.3, -0.25) is 9.59 Å². The smallest absolute Gasteiger partial charge is 0.310 e. The molecule has 0 spiro atoms. The van der Waals surface area contributed by atoms with Gasteiger partial charge in [0.1, 0.15) is 5.82 Å². The second-order valence-corrected chi connectivity index (χ2v) is 4.92. The number of nitrogens with one attached hydrogen (secondary N) is 1. The van der Waals surface area contributed by atoms with Crippen LogP contribution in [-0.4, -0.2) is 26.3 Å². The van der Waals surface area contributed by atoms with Crippen LogP contribution in [0.3, 0.4) is 0 Å². The molecule has 0 fully saturated rings. The number of aromatic nitrogens is 2. The molecule has 0 aliphatic heterocycles. The van der Waals surface area contributed by atoms with E-state index < -0.39 is 11.4 Å². The fourth-order valence-corrected chi connectivity index (χ4v) is 2.29. The molecule has 0 aliphatic carbocycles. The van der Waals surface area contributed by atoms with Gasteiger partial charge < -0.3 is 10.4 Å². The molecule has 1 heterocycles. The highest BCUT2D eigenvalue weighted by atomic mass is 32.1. The molecule has 2 N–H and O–H groups in total. The molecule has 7 heteroatoms.